The summed E-state index contributed by atoms with van der Waals surface area (Å²) < 4.78 is 7.70. The Morgan fingerprint density at radius 2 is 2.09 bits per heavy atom. The van der Waals surface area contributed by atoms with E-state index in [1.54, 1.807) is 6.20 Å². The highest BCUT2D eigenvalue weighted by atomic mass is 16.5. The van der Waals surface area contributed by atoms with Gasteiger partial charge in [-0.3, -0.25) is 14.4 Å². The Morgan fingerprint density at radius 1 is 1.30 bits per heavy atom. The van der Waals surface area contributed by atoms with Gasteiger partial charge in [0.15, 0.2) is 0 Å². The van der Waals surface area contributed by atoms with E-state index in [4.69, 9.17) is 4.74 Å². The summed E-state index contributed by atoms with van der Waals surface area (Å²) in [6.45, 7) is 3.56. The van der Waals surface area contributed by atoms with Crippen LogP contribution in [0.25, 0.3) is 0 Å². The van der Waals surface area contributed by atoms with Gasteiger partial charge in [-0.25, -0.2) is 0 Å². The third kappa shape index (κ3) is 4.12. The van der Waals surface area contributed by atoms with Crippen LogP contribution in [0.3, 0.4) is 0 Å². The predicted octanol–water partition coefficient (Wildman–Crippen LogP) is 0.889. The maximum Gasteiger partial charge on any atom is 0.234 e. The van der Waals surface area contributed by atoms with Gasteiger partial charge in [-0.15, -0.1) is 0 Å². The van der Waals surface area contributed by atoms with Crippen molar-refractivity contribution < 1.29 is 9.53 Å². The molecule has 1 saturated heterocycles. The van der Waals surface area contributed by atoms with Crippen LogP contribution in [0, 0.1) is 11.8 Å². The largest absolute Gasteiger partial charge is 0.374 e. The van der Waals surface area contributed by atoms with Gasteiger partial charge in [0.2, 0.25) is 5.91 Å². The molecule has 1 aromatic heterocycles. The van der Waals surface area contributed by atoms with Gasteiger partial charge >= 0.3 is 0 Å². The van der Waals surface area contributed by atoms with Crippen LogP contribution in [0.2, 0.25) is 0 Å². The van der Waals surface area contributed by atoms with Gasteiger partial charge in [-0.05, 0) is 43.6 Å². The number of morpholine rings is 1. The second-order valence-corrected chi connectivity index (χ2v) is 7.22. The number of hydrogen-bond donors (Lipinski definition) is 1. The summed E-state index contributed by atoms with van der Waals surface area (Å²) in [5.74, 6) is 1.70. The number of nitrogens with one attached hydrogen (secondary N) is 1. The van der Waals surface area contributed by atoms with Crippen LogP contribution in [-0.4, -0.2) is 59.0 Å². The van der Waals surface area contributed by atoms with Gasteiger partial charge in [0.1, 0.15) is 0 Å². The quantitative estimate of drug-likeness (QED) is 0.811. The molecule has 6 nitrogen and oxygen atoms in total. The molecule has 0 radical (unpaired) electrons. The summed E-state index contributed by atoms with van der Waals surface area (Å²) in [5, 5.41) is 7.54. The second kappa shape index (κ2) is 6.61. The molecule has 0 unspecified atom stereocenters. The Bertz CT molecular complexity index is 513. The highest BCUT2D eigenvalue weighted by molar-refractivity contribution is 5.78. The van der Waals surface area contributed by atoms with Gasteiger partial charge in [-0.1, -0.05) is 0 Å². The number of amides is 1. The fraction of sp³-hybridized carbons (Fsp3) is 0.765. The Kier molecular flexibility index (Phi) is 4.35. The Morgan fingerprint density at radius 3 is 2.74 bits per heavy atom. The zero-order chi connectivity index (χ0) is 15.6. The number of aromatic nitrogens is 2. The summed E-state index contributed by atoms with van der Waals surface area (Å²) in [6, 6.07) is 2.37. The van der Waals surface area contributed by atoms with Crippen molar-refractivity contribution in [3.05, 3.63) is 18.5 Å². The molecule has 2 heterocycles. The standard InChI is InChI=1S/C17H26N4O2/c22-16(19-17(13-2-3-13)14-4-5-14)12-20-8-9-23-15(10-20)11-21-7-1-6-18-21/h1,6-7,13-15,17H,2-5,8-12H2,(H,19,22)/t15-/m0/s1. The maximum atomic E-state index is 12.4. The van der Waals surface area contributed by atoms with Crippen molar-refractivity contribution in [3.8, 4) is 0 Å². The first kappa shape index (κ1) is 15.1. The highest BCUT2D eigenvalue weighted by Crippen LogP contribution is 2.44. The lowest BCUT2D eigenvalue weighted by molar-refractivity contribution is -0.125. The Balaban J connectivity index is 1.25. The van der Waals surface area contributed by atoms with Crippen molar-refractivity contribution >= 4 is 5.91 Å². The molecule has 23 heavy (non-hydrogen) atoms. The predicted molar refractivity (Wildman–Crippen MR) is 85.8 cm³/mol. The number of rotatable bonds is 7. The van der Waals surface area contributed by atoms with E-state index in [1.165, 1.54) is 25.7 Å². The van der Waals surface area contributed by atoms with E-state index in [2.05, 4.69) is 15.3 Å². The minimum atomic E-state index is 0.110. The van der Waals surface area contributed by atoms with E-state index in [9.17, 15) is 4.79 Å². The van der Waals surface area contributed by atoms with Crippen molar-refractivity contribution in [1.29, 1.82) is 0 Å². The van der Waals surface area contributed by atoms with Gasteiger partial charge in [0.25, 0.3) is 0 Å². The van der Waals surface area contributed by atoms with Crippen LogP contribution in [0.15, 0.2) is 18.5 Å². The topological polar surface area (TPSA) is 59.4 Å². The average Bonchev–Trinajstić information content (AvgIpc) is 3.46. The van der Waals surface area contributed by atoms with E-state index < -0.39 is 0 Å². The molecule has 1 aromatic rings. The molecule has 1 N–H and O–H groups in total. The lowest BCUT2D eigenvalue weighted by Crippen LogP contribution is -2.50. The first-order valence-electron chi connectivity index (χ1n) is 8.88. The van der Waals surface area contributed by atoms with Crippen LogP contribution in [-0.2, 0) is 16.1 Å². The van der Waals surface area contributed by atoms with E-state index in [0.717, 1.165) is 31.5 Å². The normalized spacial score (nSPS) is 25.7. The molecule has 2 aliphatic carbocycles. The average molecular weight is 318 g/mol. The van der Waals surface area contributed by atoms with Crippen molar-refractivity contribution in [2.75, 3.05) is 26.2 Å². The summed E-state index contributed by atoms with van der Waals surface area (Å²) >= 11 is 0. The molecule has 6 heteroatoms. The van der Waals surface area contributed by atoms with E-state index in [-0.39, 0.29) is 12.0 Å². The molecule has 3 aliphatic rings. The van der Waals surface area contributed by atoms with Crippen LogP contribution in [0.5, 0.6) is 0 Å². The van der Waals surface area contributed by atoms with Gasteiger partial charge in [0.05, 0.1) is 25.8 Å². The van der Waals surface area contributed by atoms with E-state index >= 15 is 0 Å². The minimum absolute atomic E-state index is 0.110. The molecule has 0 bridgehead atoms. The molecule has 126 valence electrons. The Labute approximate surface area is 137 Å². The number of ether oxygens (including phenoxy) is 1. The molecule has 0 spiro atoms. The van der Waals surface area contributed by atoms with Crippen molar-refractivity contribution in [2.24, 2.45) is 11.8 Å². The molecule has 4 rings (SSSR count). The zero-order valence-electron chi connectivity index (χ0n) is 13.6. The van der Waals surface area contributed by atoms with Crippen molar-refractivity contribution in [3.63, 3.8) is 0 Å². The van der Waals surface area contributed by atoms with E-state index in [0.29, 0.717) is 19.2 Å². The fourth-order valence-electron chi connectivity index (χ4n) is 3.62. The molecule has 1 atom stereocenters. The van der Waals surface area contributed by atoms with Gasteiger partial charge < -0.3 is 10.1 Å². The van der Waals surface area contributed by atoms with Crippen molar-refractivity contribution in [2.45, 2.75) is 44.4 Å². The SMILES string of the molecule is O=C(CN1CCO[C@H](Cn2cccn2)C1)NC(C1CC1)C1CC1. The minimum Gasteiger partial charge on any atom is -0.374 e. The smallest absolute Gasteiger partial charge is 0.234 e. The van der Waals surface area contributed by atoms with E-state index in [1.807, 2.05) is 16.9 Å². The third-order valence-electron chi connectivity index (χ3n) is 5.13. The molecular weight excluding hydrogens is 292 g/mol. The highest BCUT2D eigenvalue weighted by Gasteiger charge is 2.42. The van der Waals surface area contributed by atoms with Crippen LogP contribution in [0.4, 0.5) is 0 Å². The lowest BCUT2D eigenvalue weighted by Gasteiger charge is -2.32. The molecule has 1 amide bonds. The summed E-state index contributed by atoms with van der Waals surface area (Å²) in [6.07, 6.45) is 9.03. The first-order valence-corrected chi connectivity index (χ1v) is 8.88. The number of carbonyl (C=O) groups is 1. The molecular formula is C17H26N4O2. The third-order valence-corrected chi connectivity index (χ3v) is 5.13. The molecule has 3 fully saturated rings. The zero-order valence-corrected chi connectivity index (χ0v) is 13.6. The van der Waals surface area contributed by atoms with Gasteiger partial charge in [-0.2, -0.15) is 5.10 Å². The van der Waals surface area contributed by atoms with Gasteiger partial charge in [0, 0.05) is 31.5 Å². The monoisotopic (exact) mass is 318 g/mol. The van der Waals surface area contributed by atoms with Crippen LogP contribution >= 0.6 is 0 Å². The summed E-state index contributed by atoms with van der Waals surface area (Å²) in [5.41, 5.74) is 0. The summed E-state index contributed by atoms with van der Waals surface area (Å²) in [7, 11) is 0. The van der Waals surface area contributed by atoms with Crippen LogP contribution < -0.4 is 5.32 Å². The lowest BCUT2D eigenvalue weighted by atomic mass is 10.1. The number of hydrogen-bond acceptors (Lipinski definition) is 4. The number of nitrogens with zero attached hydrogens (tertiary/aromatic N) is 3. The molecule has 1 aliphatic heterocycles. The fourth-order valence-corrected chi connectivity index (χ4v) is 3.62. The summed E-state index contributed by atoms with van der Waals surface area (Å²) in [4.78, 5) is 14.6. The second-order valence-electron chi connectivity index (χ2n) is 7.22. The molecule has 2 saturated carbocycles. The first-order chi connectivity index (χ1) is 11.3. The number of carbonyl (C=O) groups excluding carboxylic acids is 1. The maximum absolute atomic E-state index is 12.4. The molecule has 0 aromatic carbocycles. The van der Waals surface area contributed by atoms with Crippen molar-refractivity contribution in [1.82, 2.24) is 20.0 Å². The Hall–Kier alpha value is -1.40. The van der Waals surface area contributed by atoms with Crippen LogP contribution in [0.1, 0.15) is 25.7 Å².